The van der Waals surface area contributed by atoms with Crippen LogP contribution in [0.1, 0.15) is 4.88 Å². The molecule has 1 heterocycles. The molecule has 100 valence electrons. The molecule has 1 aromatic heterocycles. The van der Waals surface area contributed by atoms with Gasteiger partial charge < -0.3 is 15.4 Å². The van der Waals surface area contributed by atoms with Crippen LogP contribution in [-0.2, 0) is 11.3 Å². The minimum Gasteiger partial charge on any atom is -0.383 e. The Kier molecular flexibility index (Phi) is 7.71. The van der Waals surface area contributed by atoms with Crippen molar-refractivity contribution in [3.05, 3.63) is 33.5 Å². The van der Waals surface area contributed by atoms with Crippen LogP contribution < -0.4 is 10.6 Å². The van der Waals surface area contributed by atoms with Crippen molar-refractivity contribution in [1.29, 1.82) is 0 Å². The van der Waals surface area contributed by atoms with Gasteiger partial charge in [-0.1, -0.05) is 28.6 Å². The highest BCUT2D eigenvalue weighted by Gasteiger charge is 1.99. The maximum atomic E-state index is 5.00. The van der Waals surface area contributed by atoms with Crippen molar-refractivity contribution in [3.8, 4) is 0 Å². The number of halogens is 1. The molecule has 0 aliphatic rings. The Morgan fingerprint density at radius 3 is 3.00 bits per heavy atom. The lowest BCUT2D eigenvalue weighted by atomic mass is 10.5. The molecular weight excluding hydrogens is 314 g/mol. The second kappa shape index (κ2) is 9.13. The van der Waals surface area contributed by atoms with Crippen molar-refractivity contribution >= 4 is 33.2 Å². The van der Waals surface area contributed by atoms with E-state index in [1.165, 1.54) is 4.88 Å². The fraction of sp³-hybridized carbons (Fsp3) is 0.417. The van der Waals surface area contributed by atoms with Crippen LogP contribution in [0.5, 0.6) is 0 Å². The first kappa shape index (κ1) is 15.2. The van der Waals surface area contributed by atoms with Crippen LogP contribution in [0, 0.1) is 0 Å². The van der Waals surface area contributed by atoms with E-state index in [9.17, 15) is 0 Å². The third kappa shape index (κ3) is 6.78. The number of rotatable bonds is 7. The second-order valence-corrected chi connectivity index (χ2v) is 5.69. The zero-order valence-electron chi connectivity index (χ0n) is 10.4. The van der Waals surface area contributed by atoms with Crippen LogP contribution in [0.15, 0.2) is 33.6 Å². The first-order chi connectivity index (χ1) is 8.72. The largest absolute Gasteiger partial charge is 0.383 e. The van der Waals surface area contributed by atoms with Gasteiger partial charge in [0.15, 0.2) is 5.96 Å². The predicted molar refractivity (Wildman–Crippen MR) is 81.4 cm³/mol. The zero-order valence-corrected chi connectivity index (χ0v) is 12.8. The third-order valence-corrected chi connectivity index (χ3v) is 3.16. The van der Waals surface area contributed by atoms with E-state index in [1.54, 1.807) is 18.4 Å². The number of guanidine groups is 1. The van der Waals surface area contributed by atoms with Crippen molar-refractivity contribution in [2.75, 3.05) is 26.8 Å². The monoisotopic (exact) mass is 331 g/mol. The Morgan fingerprint density at radius 2 is 2.39 bits per heavy atom. The predicted octanol–water partition coefficient (Wildman–Crippen LogP) is 2.34. The lowest BCUT2D eigenvalue weighted by Crippen LogP contribution is -2.39. The Hall–Kier alpha value is -0.850. The summed E-state index contributed by atoms with van der Waals surface area (Å²) in [6.07, 6.45) is 0. The summed E-state index contributed by atoms with van der Waals surface area (Å²) < 4.78 is 5.89. The maximum absolute atomic E-state index is 5.00. The van der Waals surface area contributed by atoms with Crippen LogP contribution in [0.4, 0.5) is 0 Å². The number of nitrogens with zero attached hydrogens (tertiary/aromatic N) is 1. The fourth-order valence-electron chi connectivity index (χ4n) is 1.18. The van der Waals surface area contributed by atoms with E-state index in [0.29, 0.717) is 19.7 Å². The minimum atomic E-state index is 0.642. The summed E-state index contributed by atoms with van der Waals surface area (Å²) in [5.41, 5.74) is 0. The number of nitrogens with one attached hydrogen (secondary N) is 2. The van der Waals surface area contributed by atoms with Crippen LogP contribution in [0.25, 0.3) is 0 Å². The molecule has 0 bridgehead atoms. The highest BCUT2D eigenvalue weighted by atomic mass is 79.9. The Balaban J connectivity index is 2.46. The van der Waals surface area contributed by atoms with Gasteiger partial charge in [-0.3, -0.25) is 0 Å². The molecule has 0 aliphatic heterocycles. The summed E-state index contributed by atoms with van der Waals surface area (Å²) in [6.45, 7) is 6.47. The number of hydrogen-bond acceptors (Lipinski definition) is 3. The molecule has 0 radical (unpaired) electrons. The summed E-state index contributed by atoms with van der Waals surface area (Å²) in [4.78, 5) is 5.73. The van der Waals surface area contributed by atoms with Crippen LogP contribution >= 0.6 is 27.3 Å². The highest BCUT2D eigenvalue weighted by Crippen LogP contribution is 2.09. The van der Waals surface area contributed by atoms with Gasteiger partial charge in [-0.2, -0.15) is 0 Å². The fourth-order valence-corrected chi connectivity index (χ4v) is 1.95. The Labute approximate surface area is 120 Å². The molecular formula is C12H18BrN3OS. The van der Waals surface area contributed by atoms with Gasteiger partial charge in [0, 0.05) is 29.6 Å². The molecule has 0 amide bonds. The van der Waals surface area contributed by atoms with Gasteiger partial charge in [0.1, 0.15) is 0 Å². The summed E-state index contributed by atoms with van der Waals surface area (Å²) >= 11 is 5.02. The molecule has 0 aliphatic carbocycles. The van der Waals surface area contributed by atoms with E-state index in [2.05, 4.69) is 49.6 Å². The molecule has 18 heavy (non-hydrogen) atoms. The molecule has 0 saturated heterocycles. The summed E-state index contributed by atoms with van der Waals surface area (Å²) in [5.74, 6) is 0.765. The van der Waals surface area contributed by atoms with E-state index in [-0.39, 0.29) is 0 Å². The molecule has 0 unspecified atom stereocenters. The highest BCUT2D eigenvalue weighted by molar-refractivity contribution is 9.11. The normalized spacial score (nSPS) is 11.3. The number of ether oxygens (including phenoxy) is 1. The number of hydrogen-bond donors (Lipinski definition) is 2. The average molecular weight is 332 g/mol. The molecule has 0 aromatic carbocycles. The lowest BCUT2D eigenvalue weighted by Gasteiger charge is -2.11. The van der Waals surface area contributed by atoms with E-state index >= 15 is 0 Å². The topological polar surface area (TPSA) is 45.7 Å². The van der Waals surface area contributed by atoms with E-state index in [0.717, 1.165) is 17.0 Å². The molecule has 0 spiro atoms. The standard InChI is InChI=1S/C12H18BrN3OS/c1-10(13)8-15-12(14-5-6-17-2)16-9-11-4-3-7-18-11/h3-4,7H,1,5-6,8-9H2,2H3,(H2,14,15,16). The first-order valence-electron chi connectivity index (χ1n) is 5.59. The first-order valence-corrected chi connectivity index (χ1v) is 7.26. The van der Waals surface area contributed by atoms with Gasteiger partial charge >= 0.3 is 0 Å². The van der Waals surface area contributed by atoms with Gasteiger partial charge in [-0.05, 0) is 11.4 Å². The van der Waals surface area contributed by atoms with E-state index in [1.807, 2.05) is 6.07 Å². The maximum Gasteiger partial charge on any atom is 0.191 e. The van der Waals surface area contributed by atoms with Gasteiger partial charge in [-0.15, -0.1) is 11.3 Å². The molecule has 1 aromatic rings. The zero-order chi connectivity index (χ0) is 13.2. The summed E-state index contributed by atoms with van der Waals surface area (Å²) in [5, 5.41) is 8.43. The van der Waals surface area contributed by atoms with Gasteiger partial charge in [0.05, 0.1) is 13.2 Å². The average Bonchev–Trinajstić information content (AvgIpc) is 2.85. The van der Waals surface area contributed by atoms with Gasteiger partial charge in [0.2, 0.25) is 0 Å². The third-order valence-electron chi connectivity index (χ3n) is 2.02. The molecule has 2 N–H and O–H groups in total. The molecule has 4 nitrogen and oxygen atoms in total. The Morgan fingerprint density at radius 1 is 1.56 bits per heavy atom. The van der Waals surface area contributed by atoms with Crippen molar-refractivity contribution < 1.29 is 4.74 Å². The van der Waals surface area contributed by atoms with Crippen LogP contribution in [0.3, 0.4) is 0 Å². The number of thiophene rings is 1. The smallest absolute Gasteiger partial charge is 0.191 e. The molecule has 0 atom stereocenters. The number of methoxy groups -OCH3 is 1. The van der Waals surface area contributed by atoms with Crippen molar-refractivity contribution in [3.63, 3.8) is 0 Å². The van der Waals surface area contributed by atoms with Crippen molar-refractivity contribution in [1.82, 2.24) is 10.6 Å². The lowest BCUT2D eigenvalue weighted by molar-refractivity contribution is 0.203. The number of aliphatic imine (C=N–C) groups is 1. The summed E-state index contributed by atoms with van der Waals surface area (Å²) in [6, 6.07) is 4.10. The van der Waals surface area contributed by atoms with E-state index in [4.69, 9.17) is 4.74 Å². The molecule has 1 rings (SSSR count). The molecule has 0 saturated carbocycles. The Bertz CT molecular complexity index is 379. The molecule has 0 fully saturated rings. The minimum absolute atomic E-state index is 0.642. The van der Waals surface area contributed by atoms with Crippen molar-refractivity contribution in [2.45, 2.75) is 6.54 Å². The van der Waals surface area contributed by atoms with Crippen LogP contribution in [0.2, 0.25) is 0 Å². The SMILES string of the molecule is C=C(Br)CNC(=NCc1cccs1)NCCOC. The van der Waals surface area contributed by atoms with Gasteiger partial charge in [-0.25, -0.2) is 4.99 Å². The van der Waals surface area contributed by atoms with Gasteiger partial charge in [0.25, 0.3) is 0 Å². The molecule has 6 heteroatoms. The van der Waals surface area contributed by atoms with Crippen molar-refractivity contribution in [2.24, 2.45) is 4.99 Å². The van der Waals surface area contributed by atoms with Crippen LogP contribution in [-0.4, -0.2) is 32.8 Å². The summed E-state index contributed by atoms with van der Waals surface area (Å²) in [7, 11) is 1.68. The second-order valence-electron chi connectivity index (χ2n) is 3.53. The van der Waals surface area contributed by atoms with E-state index < -0.39 is 0 Å². The quantitative estimate of drug-likeness (QED) is 0.458.